The van der Waals surface area contributed by atoms with E-state index in [2.05, 4.69) is 134 Å². The molecule has 55 heavy (non-hydrogen) atoms. The molecular formula is C44H60N8O2Si. The molecule has 4 N–H and O–H groups in total. The molecule has 0 radical (unpaired) electrons. The van der Waals surface area contributed by atoms with Crippen LogP contribution < -0.4 is 31.5 Å². The number of methoxy groups -OCH3 is 1. The number of nitrogen functional groups attached to an aromatic ring is 1. The van der Waals surface area contributed by atoms with Gasteiger partial charge in [-0.05, 0) is 72.1 Å². The number of benzene rings is 3. The number of rotatable bonds is 16. The molecule has 292 valence electrons. The molecule has 7 rings (SSSR count). The quantitative estimate of drug-likeness (QED) is 0.0970. The van der Waals surface area contributed by atoms with Crippen molar-refractivity contribution in [3.05, 3.63) is 95.7 Å². The fraction of sp³-hybridized carbons (Fsp3) is 0.477. The van der Waals surface area contributed by atoms with Gasteiger partial charge >= 0.3 is 0 Å². The maximum Gasteiger partial charge on any atom is 0.261 e. The number of nitrogens with one attached hydrogen (secondary N) is 2. The van der Waals surface area contributed by atoms with Crippen molar-refractivity contribution in [1.82, 2.24) is 30.0 Å². The largest absolute Gasteiger partial charge is 0.496 e. The van der Waals surface area contributed by atoms with E-state index in [4.69, 9.17) is 25.0 Å². The highest BCUT2D eigenvalue weighted by atomic mass is 28.4. The van der Waals surface area contributed by atoms with E-state index in [1.165, 1.54) is 41.9 Å². The third-order valence-corrected chi connectivity index (χ3v) is 16.8. The van der Waals surface area contributed by atoms with Gasteiger partial charge in [0, 0.05) is 43.9 Å². The summed E-state index contributed by atoms with van der Waals surface area (Å²) < 4.78 is 15.2. The van der Waals surface area contributed by atoms with Gasteiger partial charge < -0.3 is 30.4 Å². The van der Waals surface area contributed by atoms with Crippen LogP contribution in [-0.4, -0.2) is 78.9 Å². The molecule has 0 unspecified atom stereocenters. The summed E-state index contributed by atoms with van der Waals surface area (Å²) >= 11 is 0. The summed E-state index contributed by atoms with van der Waals surface area (Å²) in [4.78, 5) is 11.9. The highest BCUT2D eigenvalue weighted by Gasteiger charge is 2.51. The summed E-state index contributed by atoms with van der Waals surface area (Å²) in [5, 5.41) is 15.0. The van der Waals surface area contributed by atoms with Gasteiger partial charge in [0.05, 0.1) is 19.3 Å². The van der Waals surface area contributed by atoms with Gasteiger partial charge in [-0.3, -0.25) is 4.68 Å². The summed E-state index contributed by atoms with van der Waals surface area (Å²) in [5.74, 6) is 1.77. The van der Waals surface area contributed by atoms with Crippen molar-refractivity contribution in [1.29, 1.82) is 0 Å². The lowest BCUT2D eigenvalue weighted by Gasteiger charge is -2.58. The van der Waals surface area contributed by atoms with Crippen molar-refractivity contribution in [3.8, 4) is 5.75 Å². The Morgan fingerprint density at radius 2 is 1.64 bits per heavy atom. The summed E-state index contributed by atoms with van der Waals surface area (Å²) in [6.07, 6.45) is 5.31. The maximum absolute atomic E-state index is 7.30. The SMILES string of the molecule is CCC[C@@H](CCO[Si](c1ccccc1)(c1ccccc1)C(C)(C)C)Nc1nc(N)nc2c(C)nn(Cc3ccc(CNC4CC5(C4)CN(C)C5)cc3OC)c12. The topological polar surface area (TPSA) is 115 Å². The molecule has 0 amide bonds. The fourth-order valence-electron chi connectivity index (χ4n) is 9.35. The fourth-order valence-corrected chi connectivity index (χ4v) is 13.9. The second kappa shape index (κ2) is 16.1. The monoisotopic (exact) mass is 760 g/mol. The van der Waals surface area contributed by atoms with Crippen LogP contribution in [0.5, 0.6) is 5.75 Å². The number of likely N-dealkylation sites (tertiary alicyclic amines) is 1. The Labute approximate surface area is 328 Å². The highest BCUT2D eigenvalue weighted by Crippen LogP contribution is 2.47. The minimum Gasteiger partial charge on any atom is -0.496 e. The second-order valence-electron chi connectivity index (χ2n) is 17.1. The van der Waals surface area contributed by atoms with Crippen molar-refractivity contribution in [3.63, 3.8) is 0 Å². The summed E-state index contributed by atoms with van der Waals surface area (Å²) in [7, 11) is 1.29. The number of aromatic nitrogens is 4. The number of ether oxygens (including phenoxy) is 1. The predicted octanol–water partition coefficient (Wildman–Crippen LogP) is 6.50. The molecular weight excluding hydrogens is 701 g/mol. The first-order valence-corrected chi connectivity index (χ1v) is 21.9. The van der Waals surface area contributed by atoms with Gasteiger partial charge in [0.25, 0.3) is 8.32 Å². The Bertz CT molecular complexity index is 2010. The molecule has 1 atom stereocenters. The van der Waals surface area contributed by atoms with Gasteiger partial charge in [0.15, 0.2) is 5.82 Å². The Kier molecular flexibility index (Phi) is 11.4. The van der Waals surface area contributed by atoms with Crippen molar-refractivity contribution < 1.29 is 9.16 Å². The number of hydrogen-bond acceptors (Lipinski definition) is 9. The molecule has 3 heterocycles. The number of nitrogens with two attached hydrogens (primary N) is 1. The first kappa shape index (κ1) is 39.0. The molecule has 2 aliphatic rings. The summed E-state index contributed by atoms with van der Waals surface area (Å²) in [6, 6.07) is 28.9. The van der Waals surface area contributed by atoms with Crippen LogP contribution in [0.25, 0.3) is 11.0 Å². The van der Waals surface area contributed by atoms with Crippen molar-refractivity contribution >= 4 is 41.5 Å². The lowest BCUT2D eigenvalue weighted by atomic mass is 9.61. The third-order valence-electron chi connectivity index (χ3n) is 11.8. The highest BCUT2D eigenvalue weighted by molar-refractivity contribution is 6.99. The van der Waals surface area contributed by atoms with Gasteiger partial charge in [0.2, 0.25) is 5.95 Å². The van der Waals surface area contributed by atoms with Crippen molar-refractivity contribution in [2.45, 2.75) is 96.9 Å². The van der Waals surface area contributed by atoms with Crippen LogP contribution in [0.2, 0.25) is 5.04 Å². The van der Waals surface area contributed by atoms with Crippen LogP contribution in [0, 0.1) is 12.3 Å². The van der Waals surface area contributed by atoms with E-state index < -0.39 is 8.32 Å². The Morgan fingerprint density at radius 1 is 0.964 bits per heavy atom. The molecule has 2 aromatic heterocycles. The van der Waals surface area contributed by atoms with Gasteiger partial charge in [-0.2, -0.15) is 10.1 Å². The van der Waals surface area contributed by atoms with Gasteiger partial charge in [-0.1, -0.05) is 107 Å². The molecule has 2 fully saturated rings. The lowest BCUT2D eigenvalue weighted by molar-refractivity contribution is -0.0651. The van der Waals surface area contributed by atoms with Gasteiger partial charge in [-0.15, -0.1) is 0 Å². The molecule has 1 aliphatic heterocycles. The number of fused-ring (bicyclic) bond motifs is 1. The number of nitrogens with zero attached hydrogens (tertiary/aromatic N) is 5. The summed E-state index contributed by atoms with van der Waals surface area (Å²) in [6.45, 7) is 15.6. The van der Waals surface area contributed by atoms with Crippen LogP contribution in [0.1, 0.15) is 76.6 Å². The molecule has 0 bridgehead atoms. The normalized spacial score (nSPS) is 16.6. The first-order chi connectivity index (χ1) is 26.4. The zero-order valence-corrected chi connectivity index (χ0v) is 34.9. The average molecular weight is 761 g/mol. The van der Waals surface area contributed by atoms with Gasteiger partial charge in [-0.25, -0.2) is 4.98 Å². The Balaban J connectivity index is 1.10. The van der Waals surface area contributed by atoms with E-state index in [1.54, 1.807) is 7.11 Å². The van der Waals surface area contributed by atoms with Crippen LogP contribution in [0.3, 0.4) is 0 Å². The van der Waals surface area contributed by atoms with Crippen LogP contribution >= 0.6 is 0 Å². The number of anilines is 2. The number of aryl methyl sites for hydroxylation is 1. The molecule has 1 saturated carbocycles. The predicted molar refractivity (Wildman–Crippen MR) is 227 cm³/mol. The standard InChI is InChI=1S/C44H60N8O2Si/c1-8-15-34(22-23-54-55(43(3,4)5,36-16-11-9-12-17-36)37-18-13-10-14-19-37)47-41-40-39(48-42(45)49-41)31(2)50-52(40)28-33-21-20-32(24-38(33)53-7)27-46-35-25-44(26-35)29-51(6)30-44/h9-14,16-21,24,34-35,46H,8,15,22-23,25-30H2,1-7H3,(H3,45,47,48,49)/t34-/m0/s1. The Morgan fingerprint density at radius 3 is 2.24 bits per heavy atom. The molecule has 5 aromatic rings. The molecule has 1 saturated heterocycles. The Hall–Kier alpha value is -4.29. The molecule has 11 heteroatoms. The van der Waals surface area contributed by atoms with Gasteiger partial charge in [0.1, 0.15) is 16.8 Å². The van der Waals surface area contributed by atoms with E-state index in [0.29, 0.717) is 30.4 Å². The number of hydrogen-bond donors (Lipinski definition) is 3. The molecule has 1 spiro atoms. The maximum atomic E-state index is 7.30. The van der Waals surface area contributed by atoms with Crippen LogP contribution in [0.15, 0.2) is 78.9 Å². The third kappa shape index (κ3) is 8.03. The van der Waals surface area contributed by atoms with E-state index in [0.717, 1.165) is 53.8 Å². The zero-order chi connectivity index (χ0) is 38.8. The van der Waals surface area contributed by atoms with E-state index in [9.17, 15) is 0 Å². The average Bonchev–Trinajstić information content (AvgIpc) is 3.45. The van der Waals surface area contributed by atoms with E-state index in [-0.39, 0.29) is 17.0 Å². The molecule has 10 nitrogen and oxygen atoms in total. The minimum absolute atomic E-state index is 0.0937. The first-order valence-electron chi connectivity index (χ1n) is 20.0. The molecule has 1 aliphatic carbocycles. The molecule has 3 aromatic carbocycles. The van der Waals surface area contributed by atoms with Crippen molar-refractivity contribution in [2.24, 2.45) is 5.41 Å². The second-order valence-corrected chi connectivity index (χ2v) is 21.4. The smallest absolute Gasteiger partial charge is 0.261 e. The van der Waals surface area contributed by atoms with E-state index >= 15 is 0 Å². The summed E-state index contributed by atoms with van der Waals surface area (Å²) in [5.41, 5.74) is 11.6. The zero-order valence-electron chi connectivity index (χ0n) is 33.9. The lowest BCUT2D eigenvalue weighted by Crippen LogP contribution is -2.66. The van der Waals surface area contributed by atoms with Crippen molar-refractivity contribution in [2.75, 3.05) is 44.9 Å². The van der Waals surface area contributed by atoms with E-state index in [1.807, 2.05) is 11.6 Å². The minimum atomic E-state index is -2.67. The van der Waals surface area contributed by atoms with Crippen LogP contribution in [0.4, 0.5) is 11.8 Å². The van der Waals surface area contributed by atoms with Crippen LogP contribution in [-0.2, 0) is 17.5 Å².